The monoisotopic (exact) mass is 421 g/mol. The van der Waals surface area contributed by atoms with E-state index in [0.29, 0.717) is 18.7 Å². The number of carbonyl (C=O) groups is 3. The van der Waals surface area contributed by atoms with Crippen LogP contribution in [0, 0.1) is 17.7 Å². The highest BCUT2D eigenvalue weighted by Gasteiger charge is 2.42. The highest BCUT2D eigenvalue weighted by Crippen LogP contribution is 2.40. The number of carbonyl (C=O) groups excluding carboxylic acids is 3. The van der Waals surface area contributed by atoms with Gasteiger partial charge in [0, 0.05) is 18.3 Å². The molecule has 1 aliphatic heterocycles. The van der Waals surface area contributed by atoms with E-state index in [1.807, 2.05) is 0 Å². The maximum absolute atomic E-state index is 13.7. The number of likely N-dealkylation sites (tertiary alicyclic amines) is 1. The quantitative estimate of drug-likeness (QED) is 0.722. The first-order chi connectivity index (χ1) is 14.3. The smallest absolute Gasteiger partial charge is 0.410 e. The lowest BCUT2D eigenvalue weighted by Gasteiger charge is -2.47. The van der Waals surface area contributed by atoms with Gasteiger partial charge in [-0.2, -0.15) is 0 Å². The number of rotatable bonds is 5. The van der Waals surface area contributed by atoms with Crippen molar-refractivity contribution in [2.45, 2.75) is 44.7 Å². The van der Waals surface area contributed by atoms with Crippen molar-refractivity contribution in [1.82, 2.24) is 4.90 Å². The van der Waals surface area contributed by atoms with Gasteiger partial charge in [-0.15, -0.1) is 0 Å². The Balaban J connectivity index is 1.72. The van der Waals surface area contributed by atoms with E-state index in [-0.39, 0.29) is 36.5 Å². The van der Waals surface area contributed by atoms with Crippen LogP contribution in [0.25, 0.3) is 0 Å². The number of fused-ring (bicyclic) bond motifs is 1. The summed E-state index contributed by atoms with van der Waals surface area (Å²) in [6.07, 6.45) is 1.85. The van der Waals surface area contributed by atoms with E-state index in [9.17, 15) is 23.9 Å². The zero-order valence-corrected chi connectivity index (χ0v) is 17.1. The van der Waals surface area contributed by atoms with Crippen LogP contribution in [0.1, 0.15) is 43.0 Å². The van der Waals surface area contributed by atoms with E-state index in [4.69, 9.17) is 9.47 Å². The van der Waals surface area contributed by atoms with Crippen LogP contribution in [-0.4, -0.2) is 55.3 Å². The van der Waals surface area contributed by atoms with Crippen molar-refractivity contribution >= 4 is 23.7 Å². The summed E-state index contributed by atoms with van der Waals surface area (Å²) in [4.78, 5) is 37.0. The van der Waals surface area contributed by atoms with Gasteiger partial charge in [0.25, 0.3) is 0 Å². The summed E-state index contributed by atoms with van der Waals surface area (Å²) in [5.74, 6) is -2.19. The summed E-state index contributed by atoms with van der Waals surface area (Å²) >= 11 is 0. The second kappa shape index (κ2) is 9.32. The van der Waals surface area contributed by atoms with Crippen molar-refractivity contribution in [2.24, 2.45) is 11.8 Å². The Morgan fingerprint density at radius 1 is 1.23 bits per heavy atom. The fourth-order valence-corrected chi connectivity index (χ4v) is 4.56. The number of methoxy groups -OCH3 is 1. The molecule has 4 unspecified atom stereocenters. The SMILES string of the molecule is CCOC(=O)c1cc(F)ccc1NC1CCC2CN(C(=O)OC)C(C(=O)[O-])CC2C1. The number of hydrogen-bond donors (Lipinski definition) is 1. The Bertz CT molecular complexity index is 817. The molecule has 1 aromatic rings. The molecule has 4 atom stereocenters. The first-order valence-corrected chi connectivity index (χ1v) is 10.1. The number of nitrogens with one attached hydrogen (secondary N) is 1. The number of carboxylic acids is 1. The molecular formula is C21H26FN2O6-. The first kappa shape index (κ1) is 21.9. The molecule has 1 saturated heterocycles. The predicted molar refractivity (Wildman–Crippen MR) is 103 cm³/mol. The number of halogens is 1. The van der Waals surface area contributed by atoms with E-state index in [2.05, 4.69) is 5.32 Å². The van der Waals surface area contributed by atoms with Gasteiger partial charge in [0.1, 0.15) is 5.82 Å². The van der Waals surface area contributed by atoms with Gasteiger partial charge >= 0.3 is 12.1 Å². The van der Waals surface area contributed by atoms with E-state index < -0.39 is 29.9 Å². The van der Waals surface area contributed by atoms with Crippen LogP contribution in [0.15, 0.2) is 18.2 Å². The molecule has 164 valence electrons. The van der Waals surface area contributed by atoms with Crippen LogP contribution >= 0.6 is 0 Å². The fraction of sp³-hybridized carbons (Fsp3) is 0.571. The molecule has 3 rings (SSSR count). The molecule has 1 aromatic carbocycles. The van der Waals surface area contributed by atoms with Crippen molar-refractivity contribution in [2.75, 3.05) is 25.6 Å². The van der Waals surface area contributed by atoms with E-state index >= 15 is 0 Å². The summed E-state index contributed by atoms with van der Waals surface area (Å²) in [5, 5.41) is 14.9. The van der Waals surface area contributed by atoms with Crippen molar-refractivity contribution in [3.8, 4) is 0 Å². The van der Waals surface area contributed by atoms with Gasteiger partial charge in [-0.1, -0.05) is 0 Å². The van der Waals surface area contributed by atoms with Crippen LogP contribution in [0.5, 0.6) is 0 Å². The Morgan fingerprint density at radius 3 is 2.67 bits per heavy atom. The van der Waals surface area contributed by atoms with Gasteiger partial charge in [-0.3, -0.25) is 4.90 Å². The highest BCUT2D eigenvalue weighted by atomic mass is 19.1. The molecule has 2 fully saturated rings. The minimum atomic E-state index is -1.29. The molecule has 1 saturated carbocycles. The number of carboxylic acid groups (broad SMARTS) is 1. The maximum atomic E-state index is 13.7. The lowest BCUT2D eigenvalue weighted by atomic mass is 9.71. The second-order valence-electron chi connectivity index (χ2n) is 7.78. The Morgan fingerprint density at radius 2 is 2.00 bits per heavy atom. The second-order valence-corrected chi connectivity index (χ2v) is 7.78. The van der Waals surface area contributed by atoms with E-state index in [1.165, 1.54) is 24.1 Å². The van der Waals surface area contributed by atoms with Gasteiger partial charge in [-0.05, 0) is 62.6 Å². The number of benzene rings is 1. The lowest BCUT2D eigenvalue weighted by Crippen LogP contribution is -2.58. The fourth-order valence-electron chi connectivity index (χ4n) is 4.56. The molecule has 1 aliphatic carbocycles. The molecule has 0 spiro atoms. The molecule has 1 heterocycles. The van der Waals surface area contributed by atoms with Gasteiger partial charge in [0.2, 0.25) is 0 Å². The predicted octanol–water partition coefficient (Wildman–Crippen LogP) is 1.79. The molecule has 8 nitrogen and oxygen atoms in total. The van der Waals surface area contributed by atoms with Crippen LogP contribution in [0.4, 0.5) is 14.9 Å². The largest absolute Gasteiger partial charge is 0.548 e. The summed E-state index contributed by atoms with van der Waals surface area (Å²) < 4.78 is 23.4. The third kappa shape index (κ3) is 4.66. The van der Waals surface area contributed by atoms with Crippen molar-refractivity contribution < 1.29 is 33.4 Å². The number of aliphatic carboxylic acids is 1. The van der Waals surface area contributed by atoms with Gasteiger partial charge in [-0.25, -0.2) is 14.0 Å². The number of esters is 1. The normalized spacial score (nSPS) is 25.8. The lowest BCUT2D eigenvalue weighted by molar-refractivity contribution is -0.312. The molecule has 2 aliphatic rings. The van der Waals surface area contributed by atoms with Crippen LogP contribution in [0.2, 0.25) is 0 Å². The van der Waals surface area contributed by atoms with Gasteiger partial charge in [0.15, 0.2) is 0 Å². The summed E-state index contributed by atoms with van der Waals surface area (Å²) in [6, 6.07) is 2.89. The number of hydrogen-bond acceptors (Lipinski definition) is 7. The third-order valence-electron chi connectivity index (χ3n) is 5.99. The molecule has 9 heteroatoms. The third-order valence-corrected chi connectivity index (χ3v) is 5.99. The average Bonchev–Trinajstić information content (AvgIpc) is 2.73. The van der Waals surface area contributed by atoms with Crippen molar-refractivity contribution in [1.29, 1.82) is 0 Å². The van der Waals surface area contributed by atoms with Crippen molar-refractivity contribution in [3.63, 3.8) is 0 Å². The summed E-state index contributed by atoms with van der Waals surface area (Å²) in [6.45, 7) is 2.18. The number of nitrogens with zero attached hydrogens (tertiary/aromatic N) is 1. The van der Waals surface area contributed by atoms with Gasteiger partial charge in [0.05, 0.1) is 31.3 Å². The van der Waals surface area contributed by atoms with E-state index in [1.54, 1.807) is 6.92 Å². The molecule has 1 N–H and O–H groups in total. The van der Waals surface area contributed by atoms with Crippen molar-refractivity contribution in [3.05, 3.63) is 29.6 Å². The van der Waals surface area contributed by atoms with E-state index in [0.717, 1.165) is 18.9 Å². The number of ether oxygens (including phenoxy) is 2. The number of amides is 1. The maximum Gasteiger partial charge on any atom is 0.410 e. The summed E-state index contributed by atoms with van der Waals surface area (Å²) in [7, 11) is 1.23. The minimum Gasteiger partial charge on any atom is -0.548 e. The first-order valence-electron chi connectivity index (χ1n) is 10.1. The zero-order chi connectivity index (χ0) is 21.8. The number of anilines is 1. The zero-order valence-electron chi connectivity index (χ0n) is 17.1. The van der Waals surface area contributed by atoms with Crippen LogP contribution in [0.3, 0.4) is 0 Å². The topological polar surface area (TPSA) is 108 Å². The Labute approximate surface area is 174 Å². The van der Waals surface area contributed by atoms with Gasteiger partial charge < -0.3 is 24.7 Å². The molecule has 0 aromatic heterocycles. The van der Waals surface area contributed by atoms with Crippen LogP contribution < -0.4 is 10.4 Å². The molecular weight excluding hydrogens is 395 g/mol. The average molecular weight is 421 g/mol. The molecule has 0 bridgehead atoms. The Kier molecular flexibility index (Phi) is 6.79. The highest BCUT2D eigenvalue weighted by molar-refractivity contribution is 5.95. The molecule has 30 heavy (non-hydrogen) atoms. The van der Waals surface area contributed by atoms with Crippen LogP contribution in [-0.2, 0) is 14.3 Å². The molecule has 1 amide bonds. The number of piperidine rings is 1. The summed E-state index contributed by atoms with van der Waals surface area (Å²) in [5.41, 5.74) is 0.619. The Hall–Kier alpha value is -2.84. The standard InChI is InChI=1S/C21H27FN2O6/c1-3-30-20(27)16-10-14(22)5-7-17(16)23-15-6-4-12-11-24(21(28)29-2)18(19(25)26)9-13(12)8-15/h5,7,10,12-13,15,18,23H,3-4,6,8-9,11H2,1-2H3,(H,25,26)/p-1. The minimum absolute atomic E-state index is 0.0167. The molecule has 0 radical (unpaired) electrons.